The van der Waals surface area contributed by atoms with Gasteiger partial charge in [0.2, 0.25) is 0 Å². The molecule has 0 spiro atoms. The SMILES string of the molecule is CN(CC1CCCCO1)C1CCc2c(O)cccc21. The van der Waals surface area contributed by atoms with Crippen LogP contribution in [0.3, 0.4) is 0 Å². The third kappa shape index (κ3) is 2.63. The predicted molar refractivity (Wildman–Crippen MR) is 75.4 cm³/mol. The maximum absolute atomic E-state index is 9.91. The van der Waals surface area contributed by atoms with E-state index < -0.39 is 0 Å². The normalized spacial score (nSPS) is 26.6. The highest BCUT2D eigenvalue weighted by Crippen LogP contribution is 2.39. The lowest BCUT2D eigenvalue weighted by molar-refractivity contribution is -0.00826. The number of aromatic hydroxyl groups is 1. The number of phenolic OH excluding ortho intramolecular Hbond substituents is 1. The van der Waals surface area contributed by atoms with Gasteiger partial charge in [0, 0.05) is 19.2 Å². The largest absolute Gasteiger partial charge is 0.508 e. The molecule has 1 aromatic carbocycles. The molecule has 2 unspecified atom stereocenters. The summed E-state index contributed by atoms with van der Waals surface area (Å²) in [6.07, 6.45) is 6.17. The van der Waals surface area contributed by atoms with Crippen LogP contribution in [-0.4, -0.2) is 36.3 Å². The van der Waals surface area contributed by atoms with Crippen LogP contribution in [0.15, 0.2) is 18.2 Å². The van der Waals surface area contributed by atoms with E-state index in [1.807, 2.05) is 6.07 Å². The average Bonchev–Trinajstić information content (AvgIpc) is 2.85. The fraction of sp³-hybridized carbons (Fsp3) is 0.625. The summed E-state index contributed by atoms with van der Waals surface area (Å²) < 4.78 is 5.83. The zero-order chi connectivity index (χ0) is 13.2. The summed E-state index contributed by atoms with van der Waals surface area (Å²) in [7, 11) is 2.18. The smallest absolute Gasteiger partial charge is 0.119 e. The highest BCUT2D eigenvalue weighted by atomic mass is 16.5. The van der Waals surface area contributed by atoms with Crippen molar-refractivity contribution in [1.29, 1.82) is 0 Å². The lowest BCUT2D eigenvalue weighted by atomic mass is 10.0. The van der Waals surface area contributed by atoms with Gasteiger partial charge in [-0.25, -0.2) is 0 Å². The number of benzene rings is 1. The van der Waals surface area contributed by atoms with Crippen molar-refractivity contribution in [2.45, 2.75) is 44.2 Å². The van der Waals surface area contributed by atoms with Gasteiger partial charge in [0.1, 0.15) is 5.75 Å². The molecule has 3 rings (SSSR count). The molecule has 0 bridgehead atoms. The van der Waals surface area contributed by atoms with Crippen molar-refractivity contribution in [3.63, 3.8) is 0 Å². The molecule has 2 aliphatic rings. The van der Waals surface area contributed by atoms with Crippen molar-refractivity contribution in [2.24, 2.45) is 0 Å². The molecule has 1 N–H and O–H groups in total. The first-order valence-electron chi connectivity index (χ1n) is 7.38. The lowest BCUT2D eigenvalue weighted by Crippen LogP contribution is -2.35. The van der Waals surface area contributed by atoms with Crippen LogP contribution in [0.4, 0.5) is 0 Å². The molecule has 1 fully saturated rings. The van der Waals surface area contributed by atoms with Gasteiger partial charge >= 0.3 is 0 Å². The highest BCUT2D eigenvalue weighted by Gasteiger charge is 2.29. The van der Waals surface area contributed by atoms with Gasteiger partial charge < -0.3 is 9.84 Å². The van der Waals surface area contributed by atoms with Gasteiger partial charge in [-0.1, -0.05) is 12.1 Å². The van der Waals surface area contributed by atoms with E-state index in [0.29, 0.717) is 17.9 Å². The molecule has 104 valence electrons. The van der Waals surface area contributed by atoms with Gasteiger partial charge in [0.15, 0.2) is 0 Å². The molecule has 0 saturated carbocycles. The molecule has 0 aromatic heterocycles. The monoisotopic (exact) mass is 261 g/mol. The Morgan fingerprint density at radius 1 is 1.32 bits per heavy atom. The summed E-state index contributed by atoms with van der Waals surface area (Å²) in [6, 6.07) is 6.35. The summed E-state index contributed by atoms with van der Waals surface area (Å²) in [5.74, 6) is 0.460. The predicted octanol–water partition coefficient (Wildman–Crippen LogP) is 2.88. The molecular formula is C16H23NO2. The number of likely N-dealkylation sites (N-methyl/N-ethyl adjacent to an activating group) is 1. The molecule has 3 heteroatoms. The number of hydrogen-bond donors (Lipinski definition) is 1. The van der Waals surface area contributed by atoms with Crippen molar-refractivity contribution < 1.29 is 9.84 Å². The maximum Gasteiger partial charge on any atom is 0.119 e. The molecule has 1 aliphatic heterocycles. The second-order valence-corrected chi connectivity index (χ2v) is 5.83. The summed E-state index contributed by atoms with van der Waals surface area (Å²) in [4.78, 5) is 2.40. The molecule has 1 heterocycles. The van der Waals surface area contributed by atoms with Crippen molar-refractivity contribution in [1.82, 2.24) is 4.90 Å². The first kappa shape index (κ1) is 12.9. The third-order valence-electron chi connectivity index (χ3n) is 4.51. The minimum absolute atomic E-state index is 0.389. The summed E-state index contributed by atoms with van der Waals surface area (Å²) in [5.41, 5.74) is 2.45. The Bertz CT molecular complexity index is 440. The lowest BCUT2D eigenvalue weighted by Gasteiger charge is -2.31. The zero-order valence-corrected chi connectivity index (χ0v) is 11.6. The number of phenols is 1. The van der Waals surface area contributed by atoms with Crippen LogP contribution >= 0.6 is 0 Å². The van der Waals surface area contributed by atoms with E-state index in [1.54, 1.807) is 6.07 Å². The average molecular weight is 261 g/mol. The van der Waals surface area contributed by atoms with Gasteiger partial charge in [-0.15, -0.1) is 0 Å². The fourth-order valence-corrected chi connectivity index (χ4v) is 3.47. The Balaban J connectivity index is 1.69. The molecule has 1 aromatic rings. The highest BCUT2D eigenvalue weighted by molar-refractivity contribution is 5.44. The van der Waals surface area contributed by atoms with E-state index in [-0.39, 0.29) is 0 Å². The summed E-state index contributed by atoms with van der Waals surface area (Å²) in [6.45, 7) is 1.92. The first-order chi connectivity index (χ1) is 9.25. The number of hydrogen-bond acceptors (Lipinski definition) is 3. The zero-order valence-electron chi connectivity index (χ0n) is 11.6. The van der Waals surface area contributed by atoms with Crippen LogP contribution in [0.1, 0.15) is 42.9 Å². The fourth-order valence-electron chi connectivity index (χ4n) is 3.47. The van der Waals surface area contributed by atoms with Crippen molar-refractivity contribution >= 4 is 0 Å². The van der Waals surface area contributed by atoms with Crippen molar-refractivity contribution in [3.8, 4) is 5.75 Å². The number of fused-ring (bicyclic) bond motifs is 1. The second-order valence-electron chi connectivity index (χ2n) is 5.83. The van der Waals surface area contributed by atoms with E-state index in [1.165, 1.54) is 24.8 Å². The second kappa shape index (κ2) is 5.51. The Kier molecular flexibility index (Phi) is 3.76. The quantitative estimate of drug-likeness (QED) is 0.908. The molecule has 0 amide bonds. The Morgan fingerprint density at radius 3 is 3.00 bits per heavy atom. The van der Waals surface area contributed by atoms with Gasteiger partial charge in [0.05, 0.1) is 6.10 Å². The van der Waals surface area contributed by atoms with Crippen LogP contribution in [0.25, 0.3) is 0 Å². The summed E-state index contributed by atoms with van der Waals surface area (Å²) >= 11 is 0. The van der Waals surface area contributed by atoms with Gasteiger partial charge in [-0.3, -0.25) is 4.90 Å². The van der Waals surface area contributed by atoms with Crippen LogP contribution in [-0.2, 0) is 11.2 Å². The first-order valence-corrected chi connectivity index (χ1v) is 7.38. The summed E-state index contributed by atoms with van der Waals surface area (Å²) in [5, 5.41) is 9.91. The molecule has 3 nitrogen and oxygen atoms in total. The number of ether oxygens (including phenoxy) is 1. The van der Waals surface area contributed by atoms with E-state index >= 15 is 0 Å². The standard InChI is InChI=1S/C16H23NO2/c1-17(11-12-5-2-3-10-19-12)15-9-8-14-13(15)6-4-7-16(14)18/h4,6-7,12,15,18H,2-3,5,8-11H2,1H3. The van der Waals surface area contributed by atoms with Crippen LogP contribution in [0.5, 0.6) is 5.75 Å². The van der Waals surface area contributed by atoms with Gasteiger partial charge in [-0.05, 0) is 56.3 Å². The molecule has 19 heavy (non-hydrogen) atoms. The number of rotatable bonds is 3. The van der Waals surface area contributed by atoms with Gasteiger partial charge in [-0.2, -0.15) is 0 Å². The number of nitrogens with zero attached hydrogens (tertiary/aromatic N) is 1. The van der Waals surface area contributed by atoms with E-state index in [9.17, 15) is 5.11 Å². The minimum Gasteiger partial charge on any atom is -0.508 e. The topological polar surface area (TPSA) is 32.7 Å². The molecule has 1 saturated heterocycles. The Morgan fingerprint density at radius 2 is 2.21 bits per heavy atom. The molecule has 2 atom stereocenters. The van der Waals surface area contributed by atoms with E-state index in [0.717, 1.165) is 31.6 Å². The molecular weight excluding hydrogens is 238 g/mol. The van der Waals surface area contributed by atoms with Crippen molar-refractivity contribution in [2.75, 3.05) is 20.2 Å². The Labute approximate surface area is 115 Å². The maximum atomic E-state index is 9.91. The molecule has 0 radical (unpaired) electrons. The van der Waals surface area contributed by atoms with E-state index in [4.69, 9.17) is 4.74 Å². The van der Waals surface area contributed by atoms with Crippen molar-refractivity contribution in [3.05, 3.63) is 29.3 Å². The van der Waals surface area contributed by atoms with Crippen LogP contribution in [0.2, 0.25) is 0 Å². The van der Waals surface area contributed by atoms with Crippen LogP contribution < -0.4 is 0 Å². The minimum atomic E-state index is 0.389. The molecule has 1 aliphatic carbocycles. The third-order valence-corrected chi connectivity index (χ3v) is 4.51. The Hall–Kier alpha value is -1.06. The van der Waals surface area contributed by atoms with E-state index in [2.05, 4.69) is 18.0 Å². The van der Waals surface area contributed by atoms with Gasteiger partial charge in [0.25, 0.3) is 0 Å². The van der Waals surface area contributed by atoms with Crippen LogP contribution in [0, 0.1) is 0 Å².